The van der Waals surface area contributed by atoms with E-state index >= 15 is 0 Å². The van der Waals surface area contributed by atoms with Crippen LogP contribution in [0.15, 0.2) is 48.5 Å². The zero-order valence-electron chi connectivity index (χ0n) is 14.2. The van der Waals surface area contributed by atoms with Crippen molar-refractivity contribution >= 4 is 5.78 Å². The Morgan fingerprint density at radius 3 is 2.00 bits per heavy atom. The zero-order valence-corrected chi connectivity index (χ0v) is 14.2. The number of hydrogen-bond acceptors (Lipinski definition) is 2. The first kappa shape index (κ1) is 17.3. The van der Waals surface area contributed by atoms with Crippen LogP contribution in [0.1, 0.15) is 61.9 Å². The molecule has 23 heavy (non-hydrogen) atoms. The average Bonchev–Trinajstić information content (AvgIpc) is 2.60. The van der Waals surface area contributed by atoms with Gasteiger partial charge < -0.3 is 4.74 Å². The maximum Gasteiger partial charge on any atom is 0.162 e. The summed E-state index contributed by atoms with van der Waals surface area (Å²) in [6.45, 7) is 4.10. The molecule has 0 radical (unpaired) electrons. The van der Waals surface area contributed by atoms with Gasteiger partial charge in [0, 0.05) is 12.0 Å². The van der Waals surface area contributed by atoms with E-state index in [1.165, 1.54) is 31.2 Å². The van der Waals surface area contributed by atoms with Crippen molar-refractivity contribution < 1.29 is 9.53 Å². The van der Waals surface area contributed by atoms with Crippen molar-refractivity contribution in [2.45, 2.75) is 52.4 Å². The standard InChI is InChI=1S/C21H26O2/c1-3-5-6-7-8-17-9-13-19(14-10-17)23-20-15-11-18(12-16-20)21(22)4-2/h9-16H,3-8H2,1-2H3. The fourth-order valence-corrected chi connectivity index (χ4v) is 2.53. The van der Waals surface area contributed by atoms with Crippen LogP contribution in [0, 0.1) is 0 Å². The Labute approximate surface area is 139 Å². The number of unbranched alkanes of at least 4 members (excludes halogenated alkanes) is 3. The highest BCUT2D eigenvalue weighted by atomic mass is 16.5. The fourth-order valence-electron chi connectivity index (χ4n) is 2.53. The lowest BCUT2D eigenvalue weighted by molar-refractivity contribution is 0.0988. The largest absolute Gasteiger partial charge is 0.457 e. The van der Waals surface area contributed by atoms with E-state index in [9.17, 15) is 4.79 Å². The SMILES string of the molecule is CCCCCCc1ccc(Oc2ccc(C(=O)CC)cc2)cc1. The number of ketones is 1. The van der Waals surface area contributed by atoms with Gasteiger partial charge in [-0.3, -0.25) is 4.79 Å². The van der Waals surface area contributed by atoms with Crippen molar-refractivity contribution in [3.63, 3.8) is 0 Å². The van der Waals surface area contributed by atoms with Crippen LogP contribution in [-0.4, -0.2) is 5.78 Å². The van der Waals surface area contributed by atoms with Crippen molar-refractivity contribution in [3.8, 4) is 11.5 Å². The Bertz CT molecular complexity index is 597. The summed E-state index contributed by atoms with van der Waals surface area (Å²) in [5.74, 6) is 1.74. The molecule has 0 saturated heterocycles. The van der Waals surface area contributed by atoms with Crippen molar-refractivity contribution in [1.29, 1.82) is 0 Å². The van der Waals surface area contributed by atoms with Gasteiger partial charge >= 0.3 is 0 Å². The minimum absolute atomic E-state index is 0.156. The molecule has 0 saturated carbocycles. The molecule has 2 rings (SSSR count). The number of benzene rings is 2. The Morgan fingerprint density at radius 2 is 1.43 bits per heavy atom. The smallest absolute Gasteiger partial charge is 0.162 e. The van der Waals surface area contributed by atoms with Crippen LogP contribution in [0.4, 0.5) is 0 Å². The van der Waals surface area contributed by atoms with Gasteiger partial charge in [0.2, 0.25) is 0 Å². The first-order valence-electron chi connectivity index (χ1n) is 8.63. The number of rotatable bonds is 9. The second kappa shape index (κ2) is 9.14. The van der Waals surface area contributed by atoms with Crippen LogP contribution in [0.3, 0.4) is 0 Å². The van der Waals surface area contributed by atoms with E-state index in [0.717, 1.165) is 23.5 Å². The summed E-state index contributed by atoms with van der Waals surface area (Å²) in [5.41, 5.74) is 2.10. The van der Waals surface area contributed by atoms with Gasteiger partial charge in [-0.15, -0.1) is 0 Å². The Kier molecular flexibility index (Phi) is 6.86. The summed E-state index contributed by atoms with van der Waals surface area (Å²) in [4.78, 5) is 11.6. The maximum absolute atomic E-state index is 11.6. The number of hydrogen-bond donors (Lipinski definition) is 0. The molecule has 2 aromatic rings. The average molecular weight is 310 g/mol. The molecule has 0 aliphatic carbocycles. The van der Waals surface area contributed by atoms with Gasteiger partial charge in [0.05, 0.1) is 0 Å². The number of aryl methyl sites for hydroxylation is 1. The number of carbonyl (C=O) groups is 1. The van der Waals surface area contributed by atoms with Gasteiger partial charge in [0.15, 0.2) is 5.78 Å². The molecule has 0 unspecified atom stereocenters. The fraction of sp³-hybridized carbons (Fsp3) is 0.381. The normalized spacial score (nSPS) is 10.5. The van der Waals surface area contributed by atoms with Crippen molar-refractivity contribution in [2.24, 2.45) is 0 Å². The first-order chi connectivity index (χ1) is 11.2. The molecule has 2 aromatic carbocycles. The van der Waals surface area contributed by atoms with Gasteiger partial charge in [-0.25, -0.2) is 0 Å². The Morgan fingerprint density at radius 1 is 0.826 bits per heavy atom. The second-order valence-electron chi connectivity index (χ2n) is 5.86. The van der Waals surface area contributed by atoms with Gasteiger partial charge in [0.1, 0.15) is 11.5 Å². The third-order valence-corrected chi connectivity index (χ3v) is 3.98. The van der Waals surface area contributed by atoms with Crippen LogP contribution in [0.2, 0.25) is 0 Å². The monoisotopic (exact) mass is 310 g/mol. The van der Waals surface area contributed by atoms with Gasteiger partial charge in [-0.05, 0) is 54.8 Å². The van der Waals surface area contributed by atoms with E-state index in [-0.39, 0.29) is 5.78 Å². The Hall–Kier alpha value is -2.09. The summed E-state index contributed by atoms with van der Waals surface area (Å²) in [7, 11) is 0. The lowest BCUT2D eigenvalue weighted by Crippen LogP contribution is -1.95. The first-order valence-corrected chi connectivity index (χ1v) is 8.63. The molecule has 0 aliphatic heterocycles. The summed E-state index contributed by atoms with van der Waals surface area (Å²) < 4.78 is 5.83. The molecule has 0 fully saturated rings. The summed E-state index contributed by atoms with van der Waals surface area (Å²) in [6.07, 6.45) is 6.81. The molecule has 0 amide bonds. The van der Waals surface area contributed by atoms with E-state index in [4.69, 9.17) is 4.74 Å². The van der Waals surface area contributed by atoms with E-state index in [2.05, 4.69) is 19.1 Å². The highest BCUT2D eigenvalue weighted by Crippen LogP contribution is 2.23. The van der Waals surface area contributed by atoms with E-state index in [0.29, 0.717) is 6.42 Å². The van der Waals surface area contributed by atoms with E-state index in [1.807, 2.05) is 43.3 Å². The topological polar surface area (TPSA) is 26.3 Å². The lowest BCUT2D eigenvalue weighted by Gasteiger charge is -2.08. The maximum atomic E-state index is 11.6. The summed E-state index contributed by atoms with van der Waals surface area (Å²) in [6, 6.07) is 15.6. The molecular weight excluding hydrogens is 284 g/mol. The number of ether oxygens (including phenoxy) is 1. The highest BCUT2D eigenvalue weighted by Gasteiger charge is 2.03. The van der Waals surface area contributed by atoms with Crippen molar-refractivity contribution in [3.05, 3.63) is 59.7 Å². The van der Waals surface area contributed by atoms with Gasteiger partial charge in [-0.2, -0.15) is 0 Å². The van der Waals surface area contributed by atoms with Crippen LogP contribution in [-0.2, 0) is 6.42 Å². The number of carbonyl (C=O) groups excluding carboxylic acids is 1. The highest BCUT2D eigenvalue weighted by molar-refractivity contribution is 5.95. The molecule has 0 bridgehead atoms. The van der Waals surface area contributed by atoms with E-state index < -0.39 is 0 Å². The molecule has 0 N–H and O–H groups in total. The predicted molar refractivity (Wildman–Crippen MR) is 95.4 cm³/mol. The zero-order chi connectivity index (χ0) is 16.5. The summed E-state index contributed by atoms with van der Waals surface area (Å²) in [5, 5.41) is 0. The molecule has 0 atom stereocenters. The molecule has 0 aliphatic rings. The molecule has 2 nitrogen and oxygen atoms in total. The molecule has 0 aromatic heterocycles. The quantitative estimate of drug-likeness (QED) is 0.407. The second-order valence-corrected chi connectivity index (χ2v) is 5.86. The van der Waals surface area contributed by atoms with Gasteiger partial charge in [-0.1, -0.05) is 45.2 Å². The van der Waals surface area contributed by atoms with Crippen LogP contribution in [0.25, 0.3) is 0 Å². The third-order valence-electron chi connectivity index (χ3n) is 3.98. The molecule has 0 spiro atoms. The molecule has 2 heteroatoms. The Balaban J connectivity index is 1.89. The minimum Gasteiger partial charge on any atom is -0.457 e. The van der Waals surface area contributed by atoms with Gasteiger partial charge in [0.25, 0.3) is 0 Å². The van der Waals surface area contributed by atoms with Crippen LogP contribution < -0.4 is 4.74 Å². The number of Topliss-reactive ketones (excluding diaryl/α,β-unsaturated/α-hetero) is 1. The van der Waals surface area contributed by atoms with Crippen molar-refractivity contribution in [2.75, 3.05) is 0 Å². The minimum atomic E-state index is 0.156. The molecule has 0 heterocycles. The third kappa shape index (κ3) is 5.55. The van der Waals surface area contributed by atoms with Crippen molar-refractivity contribution in [1.82, 2.24) is 0 Å². The predicted octanol–water partition coefficient (Wildman–Crippen LogP) is 6.19. The lowest BCUT2D eigenvalue weighted by atomic mass is 10.1. The molecule has 122 valence electrons. The molecular formula is C21H26O2. The van der Waals surface area contributed by atoms with Crippen LogP contribution >= 0.6 is 0 Å². The van der Waals surface area contributed by atoms with E-state index in [1.54, 1.807) is 0 Å². The summed E-state index contributed by atoms with van der Waals surface area (Å²) >= 11 is 0. The van der Waals surface area contributed by atoms with Crippen LogP contribution in [0.5, 0.6) is 11.5 Å².